The molecule has 3 aliphatic rings. The van der Waals surface area contributed by atoms with Crippen molar-refractivity contribution in [3.8, 4) is 0 Å². The minimum Gasteiger partial charge on any atom is -0.376 e. The third-order valence-corrected chi connectivity index (χ3v) is 4.61. The highest BCUT2D eigenvalue weighted by atomic mass is 16.5. The zero-order chi connectivity index (χ0) is 13.5. The number of hydrogen-bond acceptors (Lipinski definition) is 3. The molecule has 2 unspecified atom stereocenters. The Labute approximate surface area is 115 Å². The van der Waals surface area contributed by atoms with Crippen LogP contribution in [-0.2, 0) is 9.53 Å². The van der Waals surface area contributed by atoms with E-state index < -0.39 is 0 Å². The summed E-state index contributed by atoms with van der Waals surface area (Å²) in [5, 5.41) is 3.58. The highest BCUT2D eigenvalue weighted by Gasteiger charge is 2.59. The molecule has 4 nitrogen and oxygen atoms in total. The number of nitrogens with one attached hydrogen (secondary N) is 1. The van der Waals surface area contributed by atoms with E-state index in [0.29, 0.717) is 11.8 Å². The van der Waals surface area contributed by atoms with Gasteiger partial charge >= 0.3 is 0 Å². The lowest BCUT2D eigenvalue weighted by Crippen LogP contribution is -2.44. The molecule has 108 valence electrons. The van der Waals surface area contributed by atoms with Crippen molar-refractivity contribution >= 4 is 5.91 Å². The molecule has 1 saturated carbocycles. The average Bonchev–Trinajstić information content (AvgIpc) is 3.11. The largest absolute Gasteiger partial charge is 0.376 e. The molecule has 3 rings (SSSR count). The highest BCUT2D eigenvalue weighted by molar-refractivity contribution is 5.91. The van der Waals surface area contributed by atoms with Crippen LogP contribution < -0.4 is 5.32 Å². The Balaban J connectivity index is 1.66. The van der Waals surface area contributed by atoms with Crippen molar-refractivity contribution in [2.45, 2.75) is 70.2 Å². The first-order valence-corrected chi connectivity index (χ1v) is 7.81. The van der Waals surface area contributed by atoms with Crippen LogP contribution in [0.1, 0.15) is 52.4 Å². The summed E-state index contributed by atoms with van der Waals surface area (Å²) in [5.74, 6) is 0.932. The maximum absolute atomic E-state index is 12.6. The van der Waals surface area contributed by atoms with Crippen molar-refractivity contribution in [3.63, 3.8) is 0 Å². The average molecular weight is 266 g/mol. The summed E-state index contributed by atoms with van der Waals surface area (Å²) in [6.45, 7) is 6.09. The Kier molecular flexibility index (Phi) is 3.56. The highest BCUT2D eigenvalue weighted by Crippen LogP contribution is 2.43. The molecule has 2 atom stereocenters. The predicted molar refractivity (Wildman–Crippen MR) is 73.6 cm³/mol. The molecule has 0 bridgehead atoms. The molecular formula is C15H26N2O2. The van der Waals surface area contributed by atoms with Crippen molar-refractivity contribution in [2.24, 2.45) is 5.92 Å². The van der Waals surface area contributed by atoms with Gasteiger partial charge in [-0.1, -0.05) is 13.8 Å². The second-order valence-corrected chi connectivity index (χ2v) is 6.82. The Morgan fingerprint density at radius 3 is 2.79 bits per heavy atom. The number of rotatable bonds is 4. The molecular weight excluding hydrogens is 240 g/mol. The summed E-state index contributed by atoms with van der Waals surface area (Å²) in [6, 6.07) is 0. The van der Waals surface area contributed by atoms with Gasteiger partial charge in [-0.25, -0.2) is 0 Å². The van der Waals surface area contributed by atoms with Crippen molar-refractivity contribution < 1.29 is 9.53 Å². The lowest BCUT2D eigenvalue weighted by atomic mass is 10.1. The van der Waals surface area contributed by atoms with E-state index in [1.165, 1.54) is 12.8 Å². The smallest absolute Gasteiger partial charge is 0.244 e. The summed E-state index contributed by atoms with van der Waals surface area (Å²) in [5.41, 5.74) is -0.186. The van der Waals surface area contributed by atoms with Crippen molar-refractivity contribution in [2.75, 3.05) is 13.2 Å². The van der Waals surface area contributed by atoms with Crippen LogP contribution in [0.3, 0.4) is 0 Å². The molecule has 2 aliphatic heterocycles. The fourth-order valence-corrected chi connectivity index (χ4v) is 3.37. The first-order chi connectivity index (χ1) is 9.11. The number of amides is 1. The van der Waals surface area contributed by atoms with Crippen molar-refractivity contribution in [1.29, 1.82) is 0 Å². The number of hydrogen-bond donors (Lipinski definition) is 1. The van der Waals surface area contributed by atoms with Crippen LogP contribution in [0.25, 0.3) is 0 Å². The zero-order valence-electron chi connectivity index (χ0n) is 12.2. The van der Waals surface area contributed by atoms with Gasteiger partial charge in [-0.05, 0) is 44.4 Å². The zero-order valence-corrected chi connectivity index (χ0v) is 12.2. The molecule has 0 aromatic carbocycles. The van der Waals surface area contributed by atoms with Crippen molar-refractivity contribution in [3.05, 3.63) is 0 Å². The van der Waals surface area contributed by atoms with Gasteiger partial charge in [-0.3, -0.25) is 10.1 Å². The van der Waals surface area contributed by atoms with Gasteiger partial charge in [0.05, 0.1) is 17.8 Å². The van der Waals surface area contributed by atoms with Gasteiger partial charge in [-0.2, -0.15) is 0 Å². The molecule has 2 heterocycles. The van der Waals surface area contributed by atoms with E-state index in [1.807, 2.05) is 0 Å². The van der Waals surface area contributed by atoms with Gasteiger partial charge < -0.3 is 9.64 Å². The molecule has 1 spiro atoms. The molecule has 1 N–H and O–H groups in total. The maximum Gasteiger partial charge on any atom is 0.244 e. The SMILES string of the molecule is CC(C)CC1NC2(CC2)C(=O)N1CC1CCCCO1. The Bertz CT molecular complexity index is 346. The van der Waals surface area contributed by atoms with E-state index in [2.05, 4.69) is 24.1 Å². The second-order valence-electron chi connectivity index (χ2n) is 6.82. The molecule has 0 radical (unpaired) electrons. The van der Waals surface area contributed by atoms with E-state index >= 15 is 0 Å². The first-order valence-electron chi connectivity index (χ1n) is 7.81. The Hall–Kier alpha value is -0.610. The van der Waals surface area contributed by atoms with Crippen LogP contribution in [-0.4, -0.2) is 41.8 Å². The third-order valence-electron chi connectivity index (χ3n) is 4.61. The fourth-order valence-electron chi connectivity index (χ4n) is 3.37. The van der Waals surface area contributed by atoms with E-state index in [9.17, 15) is 4.79 Å². The molecule has 19 heavy (non-hydrogen) atoms. The van der Waals surface area contributed by atoms with Gasteiger partial charge in [0.15, 0.2) is 0 Å². The lowest BCUT2D eigenvalue weighted by molar-refractivity contribution is -0.133. The molecule has 4 heteroatoms. The van der Waals surface area contributed by atoms with Crippen molar-refractivity contribution in [1.82, 2.24) is 10.2 Å². The lowest BCUT2D eigenvalue weighted by Gasteiger charge is -2.31. The standard InChI is InChI=1S/C15H26N2O2/c1-11(2)9-13-16-15(6-7-15)14(18)17(13)10-12-5-3-4-8-19-12/h11-13,16H,3-10H2,1-2H3. The maximum atomic E-state index is 12.6. The number of carbonyl (C=O) groups is 1. The predicted octanol–water partition coefficient (Wildman–Crippen LogP) is 1.89. The summed E-state index contributed by atoms with van der Waals surface area (Å²) < 4.78 is 5.81. The van der Waals surface area contributed by atoms with Gasteiger partial charge in [-0.15, -0.1) is 0 Å². The van der Waals surface area contributed by atoms with E-state index in [0.717, 1.165) is 38.8 Å². The quantitative estimate of drug-likeness (QED) is 0.845. The topological polar surface area (TPSA) is 41.6 Å². The summed E-state index contributed by atoms with van der Waals surface area (Å²) in [6.07, 6.45) is 7.06. The van der Waals surface area contributed by atoms with Crippen LogP contribution in [0, 0.1) is 5.92 Å². The molecule has 2 saturated heterocycles. The molecule has 0 aromatic rings. The first kappa shape index (κ1) is 13.4. The number of nitrogens with zero attached hydrogens (tertiary/aromatic N) is 1. The van der Waals surface area contributed by atoms with Gasteiger partial charge in [0.1, 0.15) is 0 Å². The Morgan fingerprint density at radius 1 is 1.42 bits per heavy atom. The van der Waals surface area contributed by atoms with Gasteiger partial charge in [0.2, 0.25) is 5.91 Å². The molecule has 0 aromatic heterocycles. The van der Waals surface area contributed by atoms with Gasteiger partial charge in [0.25, 0.3) is 0 Å². The number of carbonyl (C=O) groups excluding carboxylic acids is 1. The van der Waals surface area contributed by atoms with Crippen LogP contribution in [0.4, 0.5) is 0 Å². The fraction of sp³-hybridized carbons (Fsp3) is 0.933. The van der Waals surface area contributed by atoms with Crippen LogP contribution >= 0.6 is 0 Å². The number of ether oxygens (including phenoxy) is 1. The Morgan fingerprint density at radius 2 is 2.21 bits per heavy atom. The minimum atomic E-state index is -0.186. The van der Waals surface area contributed by atoms with E-state index in [1.54, 1.807) is 0 Å². The van der Waals surface area contributed by atoms with Crippen LogP contribution in [0.2, 0.25) is 0 Å². The molecule has 1 aliphatic carbocycles. The van der Waals surface area contributed by atoms with Crippen LogP contribution in [0.5, 0.6) is 0 Å². The summed E-state index contributed by atoms with van der Waals surface area (Å²) in [4.78, 5) is 14.6. The van der Waals surface area contributed by atoms with Gasteiger partial charge in [0, 0.05) is 13.2 Å². The monoisotopic (exact) mass is 266 g/mol. The summed E-state index contributed by atoms with van der Waals surface area (Å²) >= 11 is 0. The third kappa shape index (κ3) is 2.65. The normalized spacial score (nSPS) is 33.4. The van der Waals surface area contributed by atoms with E-state index in [-0.39, 0.29) is 17.8 Å². The molecule has 1 amide bonds. The summed E-state index contributed by atoms with van der Waals surface area (Å²) in [7, 11) is 0. The van der Waals surface area contributed by atoms with Crippen LogP contribution in [0.15, 0.2) is 0 Å². The van der Waals surface area contributed by atoms with E-state index in [4.69, 9.17) is 4.74 Å². The second kappa shape index (κ2) is 5.06. The molecule has 3 fully saturated rings. The minimum absolute atomic E-state index is 0.186.